The molecule has 1 fully saturated rings. The molecule has 99 heavy (non-hydrogen) atoms. The first-order valence-corrected chi connectivity index (χ1v) is 34.5. The molecule has 11 amide bonds. The Bertz CT molecular complexity index is 2710. The number of likely N-dealkylation sites (N-methyl/N-ethyl adjacent to an activating group) is 2. The van der Waals surface area contributed by atoms with Gasteiger partial charge in [0, 0.05) is 86.8 Å². The van der Waals surface area contributed by atoms with Crippen LogP contribution in [0.15, 0.2) is 30.3 Å². The lowest BCUT2D eigenvalue weighted by Gasteiger charge is -2.41. The summed E-state index contributed by atoms with van der Waals surface area (Å²) in [6, 6.07) is 3.21. The quantitative estimate of drug-likeness (QED) is 0.0329. The average Bonchev–Trinajstić information content (AvgIpc) is 1.80. The van der Waals surface area contributed by atoms with E-state index in [1.807, 2.05) is 112 Å². The zero-order valence-electron chi connectivity index (χ0n) is 61.7. The van der Waals surface area contributed by atoms with E-state index >= 15 is 0 Å². The van der Waals surface area contributed by atoms with Gasteiger partial charge in [-0.15, -0.1) is 0 Å². The lowest BCUT2D eigenvalue weighted by molar-refractivity contribution is -0.148. The van der Waals surface area contributed by atoms with Gasteiger partial charge in [0.25, 0.3) is 0 Å². The van der Waals surface area contributed by atoms with Crippen LogP contribution in [0.25, 0.3) is 0 Å². The van der Waals surface area contributed by atoms with E-state index in [2.05, 4.69) is 47.9 Å². The molecule has 0 spiro atoms. The summed E-state index contributed by atoms with van der Waals surface area (Å²) in [4.78, 5) is 164. The van der Waals surface area contributed by atoms with Crippen LogP contribution in [0.2, 0.25) is 0 Å². The lowest BCUT2D eigenvalue weighted by Crippen LogP contribution is -2.59. The van der Waals surface area contributed by atoms with Crippen molar-refractivity contribution in [3.8, 4) is 0 Å². The average molecular weight is 1400 g/mol. The minimum atomic E-state index is -1.39. The van der Waals surface area contributed by atoms with Gasteiger partial charge >= 0.3 is 12.1 Å². The maximum atomic E-state index is 14.6. The van der Waals surface area contributed by atoms with Gasteiger partial charge in [0.2, 0.25) is 59.1 Å². The van der Waals surface area contributed by atoms with Gasteiger partial charge < -0.3 is 86.1 Å². The number of carbonyl (C=O) groups is 12. The Morgan fingerprint density at radius 2 is 1.27 bits per heavy atom. The molecule has 0 saturated carbocycles. The molecule has 9 N–H and O–H groups in total. The number of amides is 11. The molecule has 1 saturated heterocycles. The Morgan fingerprint density at radius 3 is 1.88 bits per heavy atom. The van der Waals surface area contributed by atoms with Crippen molar-refractivity contribution in [2.24, 2.45) is 29.1 Å². The van der Waals surface area contributed by atoms with E-state index in [9.17, 15) is 57.5 Å². The molecule has 1 heterocycles. The van der Waals surface area contributed by atoms with E-state index in [0.29, 0.717) is 32.4 Å². The standard InChI is InChI=1S/C69H118N12O18/c1-18-45(6)60(80(14)66(91)58(43(2)3)78-65(90)59(44(4)5)79(12)13)52(95-16)39-57(86)81-34-22-26-51(81)61(96-17)46(7)62(87)77-49(38-48-24-20-19-21-25-48)63(88)71-30-23-35-98-67(92)47(8)75-55(84)28-32-73-68(93)99-41-50(64(89)72-33-37-94-15)76-56(85)40-74-53(82)27-31-70-54(83)29-36-97-42-69(9,10)11/h19-21,24-25,43-47,49-52,58-61H,18,22-23,26-42H2,1-17H3,(H,70,83)(H,71,88)(H,72,89)(H,73,93)(H,74,82)(H,75,84)(H,76,85)(H,77,87)(H,78,90)/t45-,46+,47?,49-,50?,51-,52+,58?,59-,60-,61+/m0/s1. The minimum Gasteiger partial charge on any atom is -0.464 e. The van der Waals surface area contributed by atoms with E-state index < -0.39 is 121 Å². The Kier molecular flexibility index (Phi) is 40.7. The fourth-order valence-corrected chi connectivity index (χ4v) is 11.4. The van der Waals surface area contributed by atoms with Crippen molar-refractivity contribution in [1.29, 1.82) is 0 Å². The van der Waals surface area contributed by atoms with Crippen LogP contribution in [0.3, 0.4) is 0 Å². The maximum absolute atomic E-state index is 14.6. The number of carbonyl (C=O) groups excluding carboxylic acids is 12. The third kappa shape index (κ3) is 32.6. The van der Waals surface area contributed by atoms with Crippen molar-refractivity contribution in [3.63, 3.8) is 0 Å². The second-order valence-corrected chi connectivity index (χ2v) is 27.2. The van der Waals surface area contributed by atoms with Gasteiger partial charge in [-0.2, -0.15) is 0 Å². The Balaban J connectivity index is 1.97. The van der Waals surface area contributed by atoms with Crippen LogP contribution in [0, 0.1) is 29.1 Å². The number of ether oxygens (including phenoxy) is 6. The summed E-state index contributed by atoms with van der Waals surface area (Å²) in [7, 11) is 9.76. The van der Waals surface area contributed by atoms with E-state index in [-0.39, 0.29) is 131 Å². The molecule has 0 aliphatic carbocycles. The number of hydrogen-bond acceptors (Lipinski definition) is 19. The first-order valence-electron chi connectivity index (χ1n) is 34.5. The summed E-state index contributed by atoms with van der Waals surface area (Å²) >= 11 is 0. The topological polar surface area (TPSA) is 378 Å². The van der Waals surface area contributed by atoms with Gasteiger partial charge in [-0.25, -0.2) is 9.59 Å². The molecular formula is C69H118N12O18. The van der Waals surface area contributed by atoms with Crippen molar-refractivity contribution in [2.45, 2.75) is 188 Å². The molecule has 2 rings (SSSR count). The number of nitrogens with zero attached hydrogens (tertiary/aromatic N) is 3. The van der Waals surface area contributed by atoms with Crippen LogP contribution in [0.1, 0.15) is 133 Å². The lowest BCUT2D eigenvalue weighted by atomic mass is 9.89. The van der Waals surface area contributed by atoms with Gasteiger partial charge in [0.15, 0.2) is 0 Å². The van der Waals surface area contributed by atoms with Crippen molar-refractivity contribution in [1.82, 2.24) is 62.6 Å². The first kappa shape index (κ1) is 87.5. The van der Waals surface area contributed by atoms with Crippen molar-refractivity contribution >= 4 is 71.1 Å². The Hall–Kier alpha value is -7.54. The van der Waals surface area contributed by atoms with Crippen LogP contribution in [-0.4, -0.2) is 255 Å². The number of benzene rings is 1. The van der Waals surface area contributed by atoms with E-state index in [1.54, 1.807) is 23.8 Å². The molecule has 3 unspecified atom stereocenters. The molecule has 0 aromatic heterocycles. The minimum absolute atomic E-state index is 0.0111. The molecule has 1 aromatic carbocycles. The number of hydrogen-bond donors (Lipinski definition) is 9. The first-order chi connectivity index (χ1) is 46.7. The molecular weight excluding hydrogens is 1280 g/mol. The van der Waals surface area contributed by atoms with Gasteiger partial charge in [0.1, 0.15) is 30.8 Å². The predicted octanol–water partition coefficient (Wildman–Crippen LogP) is 1.35. The number of rotatable bonds is 46. The molecule has 562 valence electrons. The molecule has 1 aliphatic rings. The van der Waals surface area contributed by atoms with Gasteiger partial charge in [-0.3, -0.25) is 52.8 Å². The van der Waals surface area contributed by atoms with E-state index in [1.165, 1.54) is 28.3 Å². The van der Waals surface area contributed by atoms with Crippen molar-refractivity contribution < 1.29 is 86.0 Å². The largest absolute Gasteiger partial charge is 0.464 e. The van der Waals surface area contributed by atoms with Crippen LogP contribution >= 0.6 is 0 Å². The molecule has 30 nitrogen and oxygen atoms in total. The number of esters is 1. The van der Waals surface area contributed by atoms with E-state index in [0.717, 1.165) is 5.56 Å². The summed E-state index contributed by atoms with van der Waals surface area (Å²) in [6.07, 6.45) is -0.785. The van der Waals surface area contributed by atoms with Crippen LogP contribution in [-0.2, 0) is 87.6 Å². The predicted molar refractivity (Wildman–Crippen MR) is 370 cm³/mol. The number of methoxy groups -OCH3 is 3. The normalized spacial score (nSPS) is 16.1. The highest BCUT2D eigenvalue weighted by atomic mass is 16.6. The van der Waals surface area contributed by atoms with Gasteiger partial charge in [-0.1, -0.05) is 106 Å². The fourth-order valence-electron chi connectivity index (χ4n) is 11.4. The SMILES string of the molecule is CC[C@H](C)[C@@H]([C@@H](CC(=O)N1CCC[C@H]1[C@H](OC)[C@@H](C)C(=O)N[C@@H](Cc1ccccc1)C(=O)NCCCOC(=O)C(C)NC(=O)CCNC(=O)OCC(NC(=O)CNC(=O)CCNC(=O)CCOCC(C)(C)C)C(=O)NCCOC)OC)N(C)C(=O)C(NC(=O)[C@H](C(C)C)N(C)C)C(C)C. The third-order valence-electron chi connectivity index (χ3n) is 16.8. The number of alkyl carbamates (subject to hydrolysis) is 1. The molecule has 1 aliphatic heterocycles. The Morgan fingerprint density at radius 1 is 0.636 bits per heavy atom. The molecule has 30 heteroatoms. The zero-order valence-corrected chi connectivity index (χ0v) is 61.7. The second kappa shape index (κ2) is 46.0. The number of nitrogens with one attached hydrogen (secondary N) is 9. The smallest absolute Gasteiger partial charge is 0.407 e. The molecule has 0 radical (unpaired) electrons. The van der Waals surface area contributed by atoms with Crippen LogP contribution in [0.5, 0.6) is 0 Å². The van der Waals surface area contributed by atoms with Gasteiger partial charge in [-0.05, 0) is 69.0 Å². The van der Waals surface area contributed by atoms with Crippen molar-refractivity contribution in [3.05, 3.63) is 35.9 Å². The number of likely N-dealkylation sites (tertiary alicyclic amines) is 1. The molecule has 0 bridgehead atoms. The summed E-state index contributed by atoms with van der Waals surface area (Å²) in [5, 5.41) is 23.6. The van der Waals surface area contributed by atoms with Crippen LogP contribution in [0.4, 0.5) is 4.79 Å². The summed E-state index contributed by atoms with van der Waals surface area (Å²) in [5.41, 5.74) is 0.723. The second-order valence-electron chi connectivity index (χ2n) is 27.2. The third-order valence-corrected chi connectivity index (χ3v) is 16.8. The maximum Gasteiger partial charge on any atom is 0.407 e. The van der Waals surface area contributed by atoms with Gasteiger partial charge in [0.05, 0.1) is 75.6 Å². The van der Waals surface area contributed by atoms with Crippen LogP contribution < -0.4 is 47.9 Å². The Labute approximate surface area is 585 Å². The monoisotopic (exact) mass is 1400 g/mol. The molecule has 11 atom stereocenters. The van der Waals surface area contributed by atoms with E-state index in [4.69, 9.17) is 28.4 Å². The highest BCUT2D eigenvalue weighted by molar-refractivity contribution is 5.92. The fraction of sp³-hybridized carbons (Fsp3) is 0.739. The van der Waals surface area contributed by atoms with Crippen molar-refractivity contribution in [2.75, 3.05) is 115 Å². The summed E-state index contributed by atoms with van der Waals surface area (Å²) < 4.78 is 33.1. The zero-order chi connectivity index (χ0) is 74.5. The summed E-state index contributed by atoms with van der Waals surface area (Å²) in [6.45, 7) is 20.6. The summed E-state index contributed by atoms with van der Waals surface area (Å²) in [5.74, 6) is -6.74. The molecule has 1 aromatic rings. The highest BCUT2D eigenvalue weighted by Crippen LogP contribution is 2.30. The highest BCUT2D eigenvalue weighted by Gasteiger charge is 2.44.